The van der Waals surface area contributed by atoms with E-state index in [4.69, 9.17) is 6.42 Å². The van der Waals surface area contributed by atoms with Crippen LogP contribution in [0.5, 0.6) is 0 Å². The van der Waals surface area contributed by atoms with Crippen molar-refractivity contribution in [2.75, 3.05) is 13.1 Å². The molecular weight excluding hydrogens is 336 g/mol. The molecule has 0 saturated heterocycles. The predicted molar refractivity (Wildman–Crippen MR) is 109 cm³/mol. The highest BCUT2D eigenvalue weighted by Gasteiger charge is 2.32. The van der Waals surface area contributed by atoms with Gasteiger partial charge < -0.3 is 10.6 Å². The van der Waals surface area contributed by atoms with E-state index in [1.807, 2.05) is 30.3 Å². The summed E-state index contributed by atoms with van der Waals surface area (Å²) in [5, 5.41) is 5.83. The van der Waals surface area contributed by atoms with E-state index in [0.29, 0.717) is 30.4 Å². The van der Waals surface area contributed by atoms with Crippen molar-refractivity contribution in [2.45, 2.75) is 33.6 Å². The van der Waals surface area contributed by atoms with E-state index < -0.39 is 0 Å². The van der Waals surface area contributed by atoms with E-state index in [0.717, 1.165) is 6.42 Å². The van der Waals surface area contributed by atoms with Gasteiger partial charge in [0.1, 0.15) is 0 Å². The van der Waals surface area contributed by atoms with Crippen LogP contribution >= 0.6 is 0 Å². The number of carbonyl (C=O) groups excluding carboxylic acids is 2. The van der Waals surface area contributed by atoms with Crippen LogP contribution in [0.4, 0.5) is 0 Å². The normalized spacial score (nSPS) is 21.9. The molecule has 1 aliphatic carbocycles. The first-order chi connectivity index (χ1) is 12.9. The number of hydrogen-bond donors (Lipinski definition) is 2. The van der Waals surface area contributed by atoms with E-state index in [2.05, 4.69) is 43.4 Å². The second kappa shape index (κ2) is 9.97. The van der Waals surface area contributed by atoms with Crippen molar-refractivity contribution in [1.29, 1.82) is 0 Å². The molecule has 144 valence electrons. The minimum atomic E-state index is -0.0417. The van der Waals surface area contributed by atoms with Crippen molar-refractivity contribution in [3.05, 3.63) is 47.5 Å². The second-order valence-electron chi connectivity index (χ2n) is 7.68. The van der Waals surface area contributed by atoms with Crippen LogP contribution in [-0.4, -0.2) is 24.9 Å². The maximum Gasteiger partial charge on any atom is 0.251 e. The Hall–Kier alpha value is -2.54. The molecule has 0 aromatic heterocycles. The number of rotatable bonds is 7. The Labute approximate surface area is 162 Å². The molecule has 0 heterocycles. The van der Waals surface area contributed by atoms with Crippen LogP contribution in [0, 0.1) is 36.0 Å². The second-order valence-corrected chi connectivity index (χ2v) is 7.68. The molecule has 1 aromatic rings. The summed E-state index contributed by atoms with van der Waals surface area (Å²) in [7, 11) is 0. The summed E-state index contributed by atoms with van der Waals surface area (Å²) in [6.45, 7) is 7.39. The lowest BCUT2D eigenvalue weighted by Gasteiger charge is -2.37. The fraction of sp³-hybridized carbons (Fsp3) is 0.478. The first-order valence-electron chi connectivity index (χ1n) is 9.64. The average molecular weight is 367 g/mol. The molecule has 3 atom stereocenters. The smallest absolute Gasteiger partial charge is 0.251 e. The van der Waals surface area contributed by atoms with Crippen LogP contribution in [0.25, 0.3) is 0 Å². The van der Waals surface area contributed by atoms with Gasteiger partial charge in [-0.1, -0.05) is 49.6 Å². The molecular formula is C23H30N2O2. The Morgan fingerprint density at radius 2 is 1.93 bits per heavy atom. The van der Waals surface area contributed by atoms with Crippen molar-refractivity contribution in [3.8, 4) is 12.3 Å². The summed E-state index contributed by atoms with van der Waals surface area (Å²) in [5.74, 6) is 3.81. The molecule has 2 amide bonds. The highest BCUT2D eigenvalue weighted by molar-refractivity contribution is 5.94. The molecule has 4 nitrogen and oxygen atoms in total. The van der Waals surface area contributed by atoms with Crippen molar-refractivity contribution < 1.29 is 9.59 Å². The average Bonchev–Trinajstić information content (AvgIpc) is 2.66. The van der Waals surface area contributed by atoms with Crippen molar-refractivity contribution in [3.63, 3.8) is 0 Å². The fourth-order valence-electron chi connectivity index (χ4n) is 3.86. The summed E-state index contributed by atoms with van der Waals surface area (Å²) in [6, 6.07) is 9.28. The van der Waals surface area contributed by atoms with Gasteiger partial charge in [0.2, 0.25) is 5.91 Å². The van der Waals surface area contributed by atoms with E-state index in [1.165, 1.54) is 5.57 Å². The number of allylic oxidation sites excluding steroid dienone is 1. The number of terminal acetylenes is 1. The summed E-state index contributed by atoms with van der Waals surface area (Å²) < 4.78 is 0. The Morgan fingerprint density at radius 3 is 2.56 bits per heavy atom. The lowest BCUT2D eigenvalue weighted by molar-refractivity contribution is -0.121. The van der Waals surface area contributed by atoms with Crippen LogP contribution in [0.1, 0.15) is 44.0 Å². The summed E-state index contributed by atoms with van der Waals surface area (Å²) in [4.78, 5) is 24.4. The van der Waals surface area contributed by atoms with Gasteiger partial charge in [-0.3, -0.25) is 9.59 Å². The van der Waals surface area contributed by atoms with E-state index in [1.54, 1.807) is 0 Å². The number of hydrogen-bond acceptors (Lipinski definition) is 2. The largest absolute Gasteiger partial charge is 0.351 e. The predicted octanol–water partition coefficient (Wildman–Crippen LogP) is 3.41. The number of amides is 2. The Kier molecular flexibility index (Phi) is 7.67. The Balaban J connectivity index is 2.02. The third-order valence-electron chi connectivity index (χ3n) is 5.44. The van der Waals surface area contributed by atoms with E-state index in [-0.39, 0.29) is 30.2 Å². The molecule has 0 bridgehead atoms. The van der Waals surface area contributed by atoms with Crippen molar-refractivity contribution in [1.82, 2.24) is 10.6 Å². The Bertz CT molecular complexity index is 716. The SMILES string of the molecule is C#CCNC(=O)C[C@@H]1C[C@@H](C(C)C)[C@H](CNC(=O)c2ccccc2)C=C1C. The van der Waals surface area contributed by atoms with Crippen molar-refractivity contribution >= 4 is 11.8 Å². The van der Waals surface area contributed by atoms with Crippen LogP contribution in [0.15, 0.2) is 42.0 Å². The van der Waals surface area contributed by atoms with Crippen molar-refractivity contribution in [2.24, 2.45) is 23.7 Å². The van der Waals surface area contributed by atoms with Gasteiger partial charge in [0, 0.05) is 18.5 Å². The number of carbonyl (C=O) groups is 2. The molecule has 0 saturated carbocycles. The quantitative estimate of drug-likeness (QED) is 0.574. The fourth-order valence-corrected chi connectivity index (χ4v) is 3.86. The topological polar surface area (TPSA) is 58.2 Å². The molecule has 2 rings (SSSR count). The van der Waals surface area contributed by atoms with Crippen LogP contribution in [0.2, 0.25) is 0 Å². The zero-order chi connectivity index (χ0) is 19.8. The van der Waals surface area contributed by atoms with Gasteiger partial charge in [0.15, 0.2) is 0 Å². The van der Waals surface area contributed by atoms with Gasteiger partial charge in [0.25, 0.3) is 5.91 Å². The highest BCUT2D eigenvalue weighted by atomic mass is 16.2. The molecule has 1 aromatic carbocycles. The lowest BCUT2D eigenvalue weighted by atomic mass is 9.69. The molecule has 0 spiro atoms. The summed E-state index contributed by atoms with van der Waals surface area (Å²) in [5.41, 5.74) is 1.90. The highest BCUT2D eigenvalue weighted by Crippen LogP contribution is 2.38. The standard InChI is InChI=1S/C23H30N2O2/c1-5-11-24-22(26)14-19-13-21(16(2)3)20(12-17(19)4)15-25-23(27)18-9-7-6-8-10-18/h1,6-10,12,16,19-21H,11,13-15H2,2-4H3,(H,24,26)(H,25,27)/t19-,20-,21-/m0/s1. The number of nitrogens with one attached hydrogen (secondary N) is 2. The monoisotopic (exact) mass is 366 g/mol. The third-order valence-corrected chi connectivity index (χ3v) is 5.44. The molecule has 1 aliphatic rings. The maximum atomic E-state index is 12.4. The molecule has 0 aliphatic heterocycles. The summed E-state index contributed by atoms with van der Waals surface area (Å²) >= 11 is 0. The molecule has 2 N–H and O–H groups in total. The lowest BCUT2D eigenvalue weighted by Crippen LogP contribution is -2.37. The van der Waals surface area contributed by atoms with Gasteiger partial charge in [-0.05, 0) is 49.1 Å². The molecule has 0 radical (unpaired) electrons. The summed E-state index contributed by atoms with van der Waals surface area (Å²) in [6.07, 6.45) is 8.88. The van der Waals surface area contributed by atoms with Gasteiger partial charge in [-0.15, -0.1) is 6.42 Å². The number of benzene rings is 1. The zero-order valence-corrected chi connectivity index (χ0v) is 16.5. The first kappa shape index (κ1) is 20.8. The molecule has 0 fully saturated rings. The third kappa shape index (κ3) is 5.99. The molecule has 4 heteroatoms. The minimum Gasteiger partial charge on any atom is -0.351 e. The van der Waals surface area contributed by atoms with Gasteiger partial charge in [0.05, 0.1) is 6.54 Å². The van der Waals surface area contributed by atoms with Crippen LogP contribution in [-0.2, 0) is 4.79 Å². The van der Waals surface area contributed by atoms with Gasteiger partial charge in [-0.25, -0.2) is 0 Å². The molecule has 0 unspecified atom stereocenters. The van der Waals surface area contributed by atoms with Crippen LogP contribution < -0.4 is 10.6 Å². The van der Waals surface area contributed by atoms with Gasteiger partial charge >= 0.3 is 0 Å². The first-order valence-corrected chi connectivity index (χ1v) is 9.64. The van der Waals surface area contributed by atoms with Gasteiger partial charge in [-0.2, -0.15) is 0 Å². The molecule has 27 heavy (non-hydrogen) atoms. The zero-order valence-electron chi connectivity index (χ0n) is 16.5. The maximum absolute atomic E-state index is 12.4. The Morgan fingerprint density at radius 1 is 1.22 bits per heavy atom. The van der Waals surface area contributed by atoms with Crippen LogP contribution in [0.3, 0.4) is 0 Å². The van der Waals surface area contributed by atoms with E-state index >= 15 is 0 Å². The minimum absolute atomic E-state index is 0.00374. The van der Waals surface area contributed by atoms with E-state index in [9.17, 15) is 9.59 Å².